The van der Waals surface area contributed by atoms with Crippen LogP contribution in [0.15, 0.2) is 30.5 Å². The number of benzene rings is 1. The zero-order valence-electron chi connectivity index (χ0n) is 11.7. The summed E-state index contributed by atoms with van der Waals surface area (Å²) in [6.07, 6.45) is 5.56. The molecule has 0 aliphatic carbocycles. The number of H-pyrrole nitrogens is 1. The van der Waals surface area contributed by atoms with Crippen LogP contribution in [0.4, 0.5) is 0 Å². The summed E-state index contributed by atoms with van der Waals surface area (Å²) < 4.78 is 0. The molecule has 3 nitrogen and oxygen atoms in total. The second kappa shape index (κ2) is 6.41. The summed E-state index contributed by atoms with van der Waals surface area (Å²) in [6.45, 7) is 4.16. The molecule has 3 heteroatoms. The number of nitrogens with one attached hydrogen (secondary N) is 2. The van der Waals surface area contributed by atoms with E-state index in [1.807, 2.05) is 18.3 Å². The van der Waals surface area contributed by atoms with Crippen molar-refractivity contribution >= 4 is 16.8 Å². The van der Waals surface area contributed by atoms with Crippen LogP contribution in [-0.4, -0.2) is 16.9 Å². The Kier molecular flexibility index (Phi) is 4.61. The van der Waals surface area contributed by atoms with Crippen LogP contribution in [0.1, 0.15) is 38.7 Å². The fraction of sp³-hybridized carbons (Fsp3) is 0.438. The Bertz CT molecular complexity index is 544. The molecule has 0 aliphatic rings. The summed E-state index contributed by atoms with van der Waals surface area (Å²) in [5, 5.41) is 4.31. The van der Waals surface area contributed by atoms with Gasteiger partial charge in [-0.2, -0.15) is 0 Å². The van der Waals surface area contributed by atoms with Gasteiger partial charge in [-0.05, 0) is 31.4 Å². The summed E-state index contributed by atoms with van der Waals surface area (Å²) >= 11 is 0. The summed E-state index contributed by atoms with van der Waals surface area (Å²) in [5.74, 6) is 0.161. The fourth-order valence-corrected chi connectivity index (χ4v) is 2.37. The number of rotatable bonds is 6. The maximum atomic E-state index is 11.7. The largest absolute Gasteiger partial charge is 0.361 e. The molecule has 0 fully saturated rings. The van der Waals surface area contributed by atoms with Crippen molar-refractivity contribution < 1.29 is 4.79 Å². The maximum absolute atomic E-state index is 11.7. The van der Waals surface area contributed by atoms with E-state index in [4.69, 9.17) is 0 Å². The van der Waals surface area contributed by atoms with Crippen molar-refractivity contribution in [1.29, 1.82) is 0 Å². The lowest BCUT2D eigenvalue weighted by Crippen LogP contribution is -2.33. The van der Waals surface area contributed by atoms with Crippen molar-refractivity contribution in [3.63, 3.8) is 0 Å². The van der Waals surface area contributed by atoms with Crippen molar-refractivity contribution in [1.82, 2.24) is 10.3 Å². The molecule has 1 heterocycles. The maximum Gasteiger partial charge on any atom is 0.220 e. The predicted molar refractivity (Wildman–Crippen MR) is 79.1 cm³/mol. The molecule has 1 atom stereocenters. The van der Waals surface area contributed by atoms with Gasteiger partial charge in [0, 0.05) is 29.6 Å². The third-order valence-corrected chi connectivity index (χ3v) is 3.37. The van der Waals surface area contributed by atoms with Gasteiger partial charge in [-0.1, -0.05) is 31.5 Å². The topological polar surface area (TPSA) is 44.9 Å². The first-order chi connectivity index (χ1) is 9.20. The highest BCUT2D eigenvalue weighted by Crippen LogP contribution is 2.18. The quantitative estimate of drug-likeness (QED) is 0.819. The number of aromatic nitrogens is 1. The van der Waals surface area contributed by atoms with Gasteiger partial charge in [0.2, 0.25) is 5.91 Å². The molecule has 19 heavy (non-hydrogen) atoms. The zero-order valence-corrected chi connectivity index (χ0v) is 11.7. The minimum atomic E-state index is 0.161. The zero-order chi connectivity index (χ0) is 13.7. The summed E-state index contributed by atoms with van der Waals surface area (Å²) in [5.41, 5.74) is 2.42. The molecule has 2 rings (SSSR count). The van der Waals surface area contributed by atoms with E-state index in [9.17, 15) is 4.79 Å². The first-order valence-electron chi connectivity index (χ1n) is 7.05. The average Bonchev–Trinajstić information content (AvgIpc) is 2.80. The number of hydrogen-bond acceptors (Lipinski definition) is 1. The van der Waals surface area contributed by atoms with Crippen LogP contribution in [0, 0.1) is 0 Å². The van der Waals surface area contributed by atoms with Crippen molar-refractivity contribution in [2.24, 2.45) is 0 Å². The monoisotopic (exact) mass is 258 g/mol. The molecule has 0 saturated carbocycles. The molecule has 1 aromatic heterocycles. The Morgan fingerprint density at radius 3 is 2.95 bits per heavy atom. The number of fused-ring (bicyclic) bond motifs is 1. The van der Waals surface area contributed by atoms with Gasteiger partial charge in [0.25, 0.3) is 0 Å². The lowest BCUT2D eigenvalue weighted by Gasteiger charge is -2.13. The van der Waals surface area contributed by atoms with E-state index in [1.165, 1.54) is 10.9 Å². The highest BCUT2D eigenvalue weighted by atomic mass is 16.1. The molecule has 1 amide bonds. The van der Waals surface area contributed by atoms with Crippen molar-refractivity contribution in [3.05, 3.63) is 36.0 Å². The fourth-order valence-electron chi connectivity index (χ4n) is 2.37. The van der Waals surface area contributed by atoms with E-state index in [-0.39, 0.29) is 11.9 Å². The molecule has 2 aromatic rings. The van der Waals surface area contributed by atoms with Gasteiger partial charge in [-0.25, -0.2) is 0 Å². The van der Waals surface area contributed by atoms with Crippen LogP contribution in [-0.2, 0) is 11.2 Å². The summed E-state index contributed by atoms with van der Waals surface area (Å²) in [7, 11) is 0. The van der Waals surface area contributed by atoms with Gasteiger partial charge < -0.3 is 10.3 Å². The average molecular weight is 258 g/mol. The standard InChI is InChI=1S/C16H22N2O/c1-3-4-9-16(19)18-12(2)10-13-11-17-15-8-6-5-7-14(13)15/h5-8,11-12,17H,3-4,9-10H2,1-2H3,(H,18,19). The number of unbranched alkanes of at least 4 members (excludes halogenated alkanes) is 1. The van der Waals surface area contributed by atoms with E-state index < -0.39 is 0 Å². The van der Waals surface area contributed by atoms with Gasteiger partial charge in [-0.15, -0.1) is 0 Å². The Morgan fingerprint density at radius 1 is 1.37 bits per heavy atom. The predicted octanol–water partition coefficient (Wildman–Crippen LogP) is 3.41. The number of amides is 1. The van der Waals surface area contributed by atoms with Crippen LogP contribution >= 0.6 is 0 Å². The van der Waals surface area contributed by atoms with E-state index in [0.29, 0.717) is 6.42 Å². The normalized spacial score (nSPS) is 12.5. The van der Waals surface area contributed by atoms with Crippen LogP contribution in [0.25, 0.3) is 10.9 Å². The van der Waals surface area contributed by atoms with Crippen LogP contribution in [0.5, 0.6) is 0 Å². The molecule has 2 N–H and O–H groups in total. The first-order valence-corrected chi connectivity index (χ1v) is 7.05. The summed E-state index contributed by atoms with van der Waals surface area (Å²) in [6, 6.07) is 8.43. The van der Waals surface area contributed by atoms with Crippen LogP contribution < -0.4 is 5.32 Å². The second-order valence-electron chi connectivity index (χ2n) is 5.14. The van der Waals surface area contributed by atoms with Crippen LogP contribution in [0.2, 0.25) is 0 Å². The van der Waals surface area contributed by atoms with E-state index >= 15 is 0 Å². The molecule has 0 aliphatic heterocycles. The van der Waals surface area contributed by atoms with Crippen LogP contribution in [0.3, 0.4) is 0 Å². The highest BCUT2D eigenvalue weighted by Gasteiger charge is 2.10. The Balaban J connectivity index is 1.95. The third-order valence-electron chi connectivity index (χ3n) is 3.37. The summed E-state index contributed by atoms with van der Waals surface area (Å²) in [4.78, 5) is 15.0. The van der Waals surface area contributed by atoms with E-state index in [2.05, 4.69) is 36.3 Å². The second-order valence-corrected chi connectivity index (χ2v) is 5.14. The molecule has 0 radical (unpaired) electrons. The van der Waals surface area contributed by atoms with E-state index in [1.54, 1.807) is 0 Å². The van der Waals surface area contributed by atoms with Gasteiger partial charge in [0.15, 0.2) is 0 Å². The number of carbonyl (C=O) groups is 1. The number of carbonyl (C=O) groups excluding carboxylic acids is 1. The number of hydrogen-bond donors (Lipinski definition) is 2. The van der Waals surface area contributed by atoms with Gasteiger partial charge in [-0.3, -0.25) is 4.79 Å². The molecule has 1 aromatic carbocycles. The SMILES string of the molecule is CCCCC(=O)NC(C)Cc1c[nH]c2ccccc12. The molecule has 1 unspecified atom stereocenters. The van der Waals surface area contributed by atoms with Gasteiger partial charge >= 0.3 is 0 Å². The van der Waals surface area contributed by atoms with Crippen molar-refractivity contribution in [2.45, 2.75) is 45.6 Å². The van der Waals surface area contributed by atoms with E-state index in [0.717, 1.165) is 24.8 Å². The number of aromatic amines is 1. The number of para-hydroxylation sites is 1. The Morgan fingerprint density at radius 2 is 2.16 bits per heavy atom. The highest BCUT2D eigenvalue weighted by molar-refractivity contribution is 5.83. The molecule has 102 valence electrons. The van der Waals surface area contributed by atoms with Gasteiger partial charge in [0.1, 0.15) is 0 Å². The minimum Gasteiger partial charge on any atom is -0.361 e. The molecule has 0 spiro atoms. The lowest BCUT2D eigenvalue weighted by atomic mass is 10.1. The third kappa shape index (κ3) is 3.60. The minimum absolute atomic E-state index is 0.161. The molecule has 0 saturated heterocycles. The van der Waals surface area contributed by atoms with Crippen molar-refractivity contribution in [2.75, 3.05) is 0 Å². The van der Waals surface area contributed by atoms with Crippen molar-refractivity contribution in [3.8, 4) is 0 Å². The first kappa shape index (κ1) is 13.7. The molecular weight excluding hydrogens is 236 g/mol. The lowest BCUT2D eigenvalue weighted by molar-refractivity contribution is -0.121. The Hall–Kier alpha value is -1.77. The molecular formula is C16H22N2O. The smallest absolute Gasteiger partial charge is 0.220 e. The molecule has 0 bridgehead atoms. The Labute approximate surface area is 114 Å². The van der Waals surface area contributed by atoms with Gasteiger partial charge in [0.05, 0.1) is 0 Å².